The van der Waals surface area contributed by atoms with Crippen LogP contribution < -0.4 is 5.73 Å². The molecular formula is C16H15F3N4O2. The highest BCUT2D eigenvalue weighted by Crippen LogP contribution is 2.37. The van der Waals surface area contributed by atoms with Gasteiger partial charge in [-0.15, -0.1) is 0 Å². The number of β-amino-alcohol motifs (C(OH)–C–C–N with tert-alkyl or cyclic N) is 1. The summed E-state index contributed by atoms with van der Waals surface area (Å²) in [5.74, 6) is -0.554. The molecule has 0 bridgehead atoms. The number of anilines is 1. The third-order valence-electron chi connectivity index (χ3n) is 4.11. The largest absolute Gasteiger partial charge is 0.416 e. The van der Waals surface area contributed by atoms with Gasteiger partial charge in [0.25, 0.3) is 5.91 Å². The average Bonchev–Trinajstić information content (AvgIpc) is 2.96. The number of carbonyl (C=O) groups is 1. The number of hydrogen-bond acceptors (Lipinski definition) is 5. The van der Waals surface area contributed by atoms with E-state index >= 15 is 0 Å². The van der Waals surface area contributed by atoms with Crippen LogP contribution in [0.1, 0.15) is 33.9 Å². The second kappa shape index (κ2) is 6.32. The van der Waals surface area contributed by atoms with E-state index in [1.807, 2.05) is 0 Å². The highest BCUT2D eigenvalue weighted by molar-refractivity contribution is 5.98. The summed E-state index contributed by atoms with van der Waals surface area (Å²) in [5.41, 5.74) is 5.23. The van der Waals surface area contributed by atoms with E-state index in [-0.39, 0.29) is 24.3 Å². The standard InChI is InChI=1S/C16H15F3N4O2/c17-16(18,19)10-3-1-2-9(4-10)13-5-11(24)7-23(13)15(25)12-6-21-8-22-14(12)20/h1-4,6,8,11,13,24H,5,7H2,(H2,20,21,22)/t11-,13-/m1/s1. The Morgan fingerprint density at radius 2 is 2.12 bits per heavy atom. The fourth-order valence-corrected chi connectivity index (χ4v) is 2.94. The number of rotatable bonds is 2. The zero-order valence-electron chi connectivity index (χ0n) is 12.9. The lowest BCUT2D eigenvalue weighted by molar-refractivity contribution is -0.137. The zero-order valence-corrected chi connectivity index (χ0v) is 12.9. The number of aliphatic hydroxyl groups excluding tert-OH is 1. The Kier molecular flexibility index (Phi) is 4.34. The van der Waals surface area contributed by atoms with Crippen LogP contribution in [0.3, 0.4) is 0 Å². The molecule has 6 nitrogen and oxygen atoms in total. The Morgan fingerprint density at radius 3 is 2.80 bits per heavy atom. The summed E-state index contributed by atoms with van der Waals surface area (Å²) >= 11 is 0. The number of aliphatic hydroxyl groups is 1. The molecular weight excluding hydrogens is 337 g/mol. The lowest BCUT2D eigenvalue weighted by atomic mass is 10.0. The Bertz CT molecular complexity index is 797. The molecule has 0 spiro atoms. The number of benzene rings is 1. The molecule has 1 amide bonds. The summed E-state index contributed by atoms with van der Waals surface area (Å²) in [6, 6.07) is 4.05. The van der Waals surface area contributed by atoms with Crippen LogP contribution in [0, 0.1) is 0 Å². The summed E-state index contributed by atoms with van der Waals surface area (Å²) in [5, 5.41) is 9.95. The van der Waals surface area contributed by atoms with Crippen LogP contribution in [-0.4, -0.2) is 38.5 Å². The van der Waals surface area contributed by atoms with E-state index in [1.54, 1.807) is 0 Å². The van der Waals surface area contributed by atoms with Crippen molar-refractivity contribution in [3.8, 4) is 0 Å². The van der Waals surface area contributed by atoms with Gasteiger partial charge < -0.3 is 15.7 Å². The molecule has 2 aromatic rings. The number of hydrogen-bond donors (Lipinski definition) is 2. The van der Waals surface area contributed by atoms with E-state index in [0.717, 1.165) is 12.1 Å². The number of nitrogen functional groups attached to an aromatic ring is 1. The van der Waals surface area contributed by atoms with Gasteiger partial charge in [-0.1, -0.05) is 12.1 Å². The van der Waals surface area contributed by atoms with Crippen LogP contribution in [0.2, 0.25) is 0 Å². The summed E-state index contributed by atoms with van der Waals surface area (Å²) in [6.45, 7) is -0.00587. The fourth-order valence-electron chi connectivity index (χ4n) is 2.94. The third kappa shape index (κ3) is 3.41. The van der Waals surface area contributed by atoms with E-state index in [2.05, 4.69) is 9.97 Å². The molecule has 0 unspecified atom stereocenters. The van der Waals surface area contributed by atoms with Crippen LogP contribution in [0.5, 0.6) is 0 Å². The minimum absolute atomic E-state index is 0.00587. The first kappa shape index (κ1) is 17.2. The fraction of sp³-hybridized carbons (Fsp3) is 0.312. The number of nitrogens with zero attached hydrogens (tertiary/aromatic N) is 3. The molecule has 2 heterocycles. The predicted octanol–water partition coefficient (Wildman–Crippen LogP) is 2.03. The van der Waals surface area contributed by atoms with Crippen molar-refractivity contribution < 1.29 is 23.1 Å². The summed E-state index contributed by atoms with van der Waals surface area (Å²) in [6.07, 6.45) is -2.75. The number of nitrogens with two attached hydrogens (primary N) is 1. The molecule has 132 valence electrons. The molecule has 3 rings (SSSR count). The molecule has 2 atom stereocenters. The van der Waals surface area contributed by atoms with Gasteiger partial charge in [0.1, 0.15) is 17.7 Å². The molecule has 3 N–H and O–H groups in total. The molecule has 0 saturated carbocycles. The van der Waals surface area contributed by atoms with Gasteiger partial charge in [0.15, 0.2) is 0 Å². The highest BCUT2D eigenvalue weighted by atomic mass is 19.4. The van der Waals surface area contributed by atoms with Crippen molar-refractivity contribution >= 4 is 11.7 Å². The summed E-state index contributed by atoms with van der Waals surface area (Å²) in [4.78, 5) is 21.5. The molecule has 1 aromatic heterocycles. The summed E-state index contributed by atoms with van der Waals surface area (Å²) in [7, 11) is 0. The summed E-state index contributed by atoms with van der Waals surface area (Å²) < 4.78 is 38.8. The second-order valence-corrected chi connectivity index (χ2v) is 5.81. The van der Waals surface area contributed by atoms with Crippen molar-refractivity contribution in [3.05, 3.63) is 53.5 Å². The number of aromatic nitrogens is 2. The van der Waals surface area contributed by atoms with E-state index in [1.165, 1.54) is 29.6 Å². The van der Waals surface area contributed by atoms with Crippen LogP contribution in [0.15, 0.2) is 36.8 Å². The SMILES string of the molecule is Nc1ncncc1C(=O)N1C[C@H](O)C[C@@H]1c1cccc(C(F)(F)F)c1. The van der Waals surface area contributed by atoms with Gasteiger partial charge in [-0.25, -0.2) is 9.97 Å². The Labute approximate surface area is 141 Å². The average molecular weight is 352 g/mol. The van der Waals surface area contributed by atoms with Crippen LogP contribution in [0.25, 0.3) is 0 Å². The monoisotopic (exact) mass is 352 g/mol. The maximum Gasteiger partial charge on any atom is 0.416 e. The van der Waals surface area contributed by atoms with E-state index < -0.39 is 29.8 Å². The first-order valence-electron chi connectivity index (χ1n) is 7.49. The van der Waals surface area contributed by atoms with Crippen LogP contribution in [0.4, 0.5) is 19.0 Å². The molecule has 1 saturated heterocycles. The molecule has 1 fully saturated rings. The maximum atomic E-state index is 12.9. The first-order chi connectivity index (χ1) is 11.8. The highest BCUT2D eigenvalue weighted by Gasteiger charge is 2.38. The maximum absolute atomic E-state index is 12.9. The molecule has 25 heavy (non-hydrogen) atoms. The first-order valence-corrected chi connectivity index (χ1v) is 7.49. The van der Waals surface area contributed by atoms with Crippen molar-refractivity contribution in [2.45, 2.75) is 24.7 Å². The minimum Gasteiger partial charge on any atom is -0.391 e. The second-order valence-electron chi connectivity index (χ2n) is 5.81. The Balaban J connectivity index is 1.95. The van der Waals surface area contributed by atoms with Crippen molar-refractivity contribution in [3.63, 3.8) is 0 Å². The molecule has 0 aliphatic carbocycles. The van der Waals surface area contributed by atoms with E-state index in [0.29, 0.717) is 5.56 Å². The molecule has 9 heteroatoms. The van der Waals surface area contributed by atoms with Crippen molar-refractivity contribution in [2.24, 2.45) is 0 Å². The molecule has 1 aromatic carbocycles. The van der Waals surface area contributed by atoms with Gasteiger partial charge in [-0.2, -0.15) is 13.2 Å². The molecule has 0 radical (unpaired) electrons. The smallest absolute Gasteiger partial charge is 0.391 e. The Hall–Kier alpha value is -2.68. The van der Waals surface area contributed by atoms with Gasteiger partial charge in [-0.05, 0) is 24.1 Å². The van der Waals surface area contributed by atoms with Crippen molar-refractivity contribution in [2.75, 3.05) is 12.3 Å². The topological polar surface area (TPSA) is 92.3 Å². The lowest BCUT2D eigenvalue weighted by Gasteiger charge is -2.25. The van der Waals surface area contributed by atoms with Gasteiger partial charge in [0.2, 0.25) is 0 Å². The number of halogens is 3. The lowest BCUT2D eigenvalue weighted by Crippen LogP contribution is -2.32. The van der Waals surface area contributed by atoms with Crippen molar-refractivity contribution in [1.82, 2.24) is 14.9 Å². The third-order valence-corrected chi connectivity index (χ3v) is 4.11. The van der Waals surface area contributed by atoms with Gasteiger partial charge in [-0.3, -0.25) is 4.79 Å². The zero-order chi connectivity index (χ0) is 18.2. The van der Waals surface area contributed by atoms with E-state index in [4.69, 9.17) is 5.73 Å². The van der Waals surface area contributed by atoms with Gasteiger partial charge in [0, 0.05) is 12.7 Å². The molecule has 1 aliphatic rings. The normalized spacial score (nSPS) is 20.7. The minimum atomic E-state index is -4.49. The van der Waals surface area contributed by atoms with Crippen molar-refractivity contribution in [1.29, 1.82) is 0 Å². The molecule has 1 aliphatic heterocycles. The van der Waals surface area contributed by atoms with Gasteiger partial charge in [0.05, 0.1) is 17.7 Å². The number of likely N-dealkylation sites (tertiary alicyclic amines) is 1. The Morgan fingerprint density at radius 1 is 1.36 bits per heavy atom. The van der Waals surface area contributed by atoms with Crippen LogP contribution >= 0.6 is 0 Å². The number of amides is 1. The predicted molar refractivity (Wildman–Crippen MR) is 82.3 cm³/mol. The van der Waals surface area contributed by atoms with E-state index in [9.17, 15) is 23.1 Å². The number of alkyl halides is 3. The van der Waals surface area contributed by atoms with Crippen LogP contribution in [-0.2, 0) is 6.18 Å². The van der Waals surface area contributed by atoms with Gasteiger partial charge >= 0.3 is 6.18 Å². The quantitative estimate of drug-likeness (QED) is 0.863. The number of carbonyl (C=O) groups excluding carboxylic acids is 1.